The van der Waals surface area contributed by atoms with E-state index >= 15 is 0 Å². The van der Waals surface area contributed by atoms with E-state index in [9.17, 15) is 4.79 Å². The van der Waals surface area contributed by atoms with Crippen LogP contribution < -0.4 is 4.90 Å². The molecule has 0 aliphatic carbocycles. The second-order valence-electron chi connectivity index (χ2n) is 7.22. The number of amides is 1. The lowest BCUT2D eigenvalue weighted by Gasteiger charge is -2.30. The van der Waals surface area contributed by atoms with Crippen LogP contribution in [0.3, 0.4) is 0 Å². The fraction of sp³-hybridized carbons (Fsp3) is 0.318. The molecular weight excluding hydrogens is 324 g/mol. The molecule has 1 saturated heterocycles. The number of carbonyl (C=O) groups is 1. The molecule has 26 heavy (non-hydrogen) atoms. The minimum Gasteiger partial charge on any atom is -0.487 e. The van der Waals surface area contributed by atoms with Crippen molar-refractivity contribution in [3.05, 3.63) is 65.2 Å². The van der Waals surface area contributed by atoms with Gasteiger partial charge in [-0.3, -0.25) is 14.6 Å². The Bertz CT molecular complexity index is 897. The Hall–Kier alpha value is -2.59. The highest BCUT2D eigenvalue weighted by Gasteiger charge is 2.38. The first-order valence-corrected chi connectivity index (χ1v) is 9.42. The van der Waals surface area contributed by atoms with Crippen LogP contribution in [0.25, 0.3) is 11.3 Å². The number of anilines is 1. The molecule has 3 aliphatic heterocycles. The maximum Gasteiger partial charge on any atom is 0.263 e. The van der Waals surface area contributed by atoms with E-state index in [2.05, 4.69) is 11.0 Å². The molecule has 3 aliphatic rings. The third-order valence-electron chi connectivity index (χ3n) is 5.57. The van der Waals surface area contributed by atoms with Crippen molar-refractivity contribution in [1.82, 2.24) is 4.90 Å². The number of carbonyl (C=O) groups excluding carboxylic acids is 1. The number of hydrogen-bond acceptors (Lipinski definition) is 3. The molecule has 2 aromatic rings. The number of nitrogens with zero attached hydrogens (tertiary/aromatic N) is 2. The minimum atomic E-state index is 0.0588. The Morgan fingerprint density at radius 2 is 1.62 bits per heavy atom. The van der Waals surface area contributed by atoms with Crippen molar-refractivity contribution >= 4 is 22.9 Å². The van der Waals surface area contributed by atoms with Crippen LogP contribution >= 0.6 is 0 Å². The van der Waals surface area contributed by atoms with Gasteiger partial charge >= 0.3 is 0 Å². The van der Waals surface area contributed by atoms with Crippen LogP contribution in [-0.2, 0) is 16.1 Å². The lowest BCUT2D eigenvalue weighted by Crippen LogP contribution is -2.42. The van der Waals surface area contributed by atoms with Crippen molar-refractivity contribution < 1.29 is 9.53 Å². The monoisotopic (exact) mass is 346 g/mol. The second kappa shape index (κ2) is 6.29. The zero-order chi connectivity index (χ0) is 17.5. The molecule has 0 bridgehead atoms. The number of benzene rings is 2. The molecule has 2 aromatic carbocycles. The van der Waals surface area contributed by atoms with Crippen molar-refractivity contribution in [3.63, 3.8) is 0 Å². The maximum absolute atomic E-state index is 13.4. The average Bonchev–Trinajstić information content (AvgIpc) is 3.22. The molecule has 0 aromatic heterocycles. The molecule has 0 atom stereocenters. The summed E-state index contributed by atoms with van der Waals surface area (Å²) in [7, 11) is 0. The Kier molecular flexibility index (Phi) is 3.79. The average molecular weight is 346 g/mol. The molecule has 1 amide bonds. The third-order valence-corrected chi connectivity index (χ3v) is 5.57. The summed E-state index contributed by atoms with van der Waals surface area (Å²) in [6.07, 6.45) is 3.73. The number of rotatable bonds is 2. The summed E-state index contributed by atoms with van der Waals surface area (Å²) in [4.78, 5) is 17.7. The van der Waals surface area contributed by atoms with Crippen molar-refractivity contribution in [2.75, 3.05) is 24.7 Å². The predicted octanol–water partition coefficient (Wildman–Crippen LogP) is 3.88. The minimum absolute atomic E-state index is 0.0588. The summed E-state index contributed by atoms with van der Waals surface area (Å²) in [6.45, 7) is 3.33. The Morgan fingerprint density at radius 3 is 2.46 bits per heavy atom. The van der Waals surface area contributed by atoms with Gasteiger partial charge in [0, 0.05) is 16.7 Å². The van der Waals surface area contributed by atoms with Gasteiger partial charge in [-0.05, 0) is 32.0 Å². The standard InChI is InChI=1S/C22H22N2O2/c25-22-20(21-17-9-3-2-8-16(17)14-26-21)18-10-4-5-11-19(18)24(22)15-23-12-6-1-7-13-23/h2-5,8-11H,1,6-7,12-15H2. The van der Waals surface area contributed by atoms with Gasteiger partial charge in [0.1, 0.15) is 12.4 Å². The van der Waals surface area contributed by atoms with Crippen molar-refractivity contribution in [1.29, 1.82) is 0 Å². The topological polar surface area (TPSA) is 32.8 Å². The lowest BCUT2D eigenvalue weighted by atomic mass is 10.0. The first-order valence-electron chi connectivity index (χ1n) is 9.42. The van der Waals surface area contributed by atoms with Gasteiger partial charge in [-0.2, -0.15) is 0 Å². The molecule has 1 fully saturated rings. The number of hydrogen-bond donors (Lipinski definition) is 0. The van der Waals surface area contributed by atoms with Crippen molar-refractivity contribution in [2.24, 2.45) is 0 Å². The molecule has 0 spiro atoms. The first-order chi connectivity index (χ1) is 12.8. The van der Waals surface area contributed by atoms with Gasteiger partial charge in [0.25, 0.3) is 5.91 Å². The molecule has 0 saturated carbocycles. The Labute approximate surface area is 153 Å². The smallest absolute Gasteiger partial charge is 0.263 e. The largest absolute Gasteiger partial charge is 0.487 e. The molecule has 5 rings (SSSR count). The molecule has 4 nitrogen and oxygen atoms in total. The van der Waals surface area contributed by atoms with Crippen LogP contribution in [0.5, 0.6) is 0 Å². The number of piperidine rings is 1. The summed E-state index contributed by atoms with van der Waals surface area (Å²) in [5, 5.41) is 0. The molecule has 0 N–H and O–H groups in total. The van der Waals surface area contributed by atoms with Gasteiger partial charge < -0.3 is 4.74 Å². The second-order valence-corrected chi connectivity index (χ2v) is 7.22. The molecular formula is C22H22N2O2. The molecule has 3 heterocycles. The maximum atomic E-state index is 13.4. The summed E-state index contributed by atoms with van der Waals surface area (Å²) in [6, 6.07) is 16.2. The summed E-state index contributed by atoms with van der Waals surface area (Å²) in [5.41, 5.74) is 4.89. The quantitative estimate of drug-likeness (QED) is 0.774. The Balaban J connectivity index is 1.58. The van der Waals surface area contributed by atoms with Crippen LogP contribution in [0.1, 0.15) is 36.0 Å². The molecule has 4 heteroatoms. The molecule has 0 radical (unpaired) electrons. The van der Waals surface area contributed by atoms with Gasteiger partial charge in [-0.25, -0.2) is 0 Å². The summed E-state index contributed by atoms with van der Waals surface area (Å²) >= 11 is 0. The molecule has 0 unspecified atom stereocenters. The van der Waals surface area contributed by atoms with Crippen LogP contribution in [0.15, 0.2) is 48.5 Å². The van der Waals surface area contributed by atoms with Gasteiger partial charge in [0.2, 0.25) is 0 Å². The zero-order valence-electron chi connectivity index (χ0n) is 14.8. The number of ether oxygens (including phenoxy) is 1. The third kappa shape index (κ3) is 2.44. The fourth-order valence-corrected chi connectivity index (χ4v) is 4.24. The van der Waals surface area contributed by atoms with Crippen molar-refractivity contribution in [3.8, 4) is 0 Å². The van der Waals surface area contributed by atoms with E-state index in [4.69, 9.17) is 4.74 Å². The van der Waals surface area contributed by atoms with E-state index in [0.717, 1.165) is 41.2 Å². The normalized spacial score (nSPS) is 22.3. The Morgan fingerprint density at radius 1 is 0.885 bits per heavy atom. The lowest BCUT2D eigenvalue weighted by molar-refractivity contribution is -0.113. The summed E-state index contributed by atoms with van der Waals surface area (Å²) in [5.74, 6) is 0.794. The number of para-hydroxylation sites is 1. The van der Waals surface area contributed by atoms with Gasteiger partial charge in [-0.1, -0.05) is 48.9 Å². The van der Waals surface area contributed by atoms with Crippen LogP contribution in [-0.4, -0.2) is 30.6 Å². The molecule has 132 valence electrons. The van der Waals surface area contributed by atoms with E-state index in [1.807, 2.05) is 47.4 Å². The van der Waals surface area contributed by atoms with Gasteiger partial charge in [0.15, 0.2) is 0 Å². The predicted molar refractivity (Wildman–Crippen MR) is 102 cm³/mol. The van der Waals surface area contributed by atoms with Crippen LogP contribution in [0.2, 0.25) is 0 Å². The highest BCUT2D eigenvalue weighted by atomic mass is 16.5. The van der Waals surface area contributed by atoms with E-state index < -0.39 is 0 Å². The SMILES string of the molecule is O=C1C(=C2OCc3ccccc32)c2ccccc2N1CN1CCCCC1. The highest BCUT2D eigenvalue weighted by Crippen LogP contribution is 2.44. The van der Waals surface area contributed by atoms with E-state index in [1.54, 1.807) is 0 Å². The van der Waals surface area contributed by atoms with E-state index in [0.29, 0.717) is 18.8 Å². The van der Waals surface area contributed by atoms with Crippen LogP contribution in [0, 0.1) is 0 Å². The van der Waals surface area contributed by atoms with Gasteiger partial charge in [-0.15, -0.1) is 0 Å². The fourth-order valence-electron chi connectivity index (χ4n) is 4.24. The van der Waals surface area contributed by atoms with E-state index in [1.165, 1.54) is 19.3 Å². The first kappa shape index (κ1) is 15.6. The zero-order valence-corrected chi connectivity index (χ0v) is 14.8. The number of fused-ring (bicyclic) bond motifs is 2. The van der Waals surface area contributed by atoms with Gasteiger partial charge in [0.05, 0.1) is 17.9 Å². The van der Waals surface area contributed by atoms with Crippen molar-refractivity contribution in [2.45, 2.75) is 25.9 Å². The van der Waals surface area contributed by atoms with Crippen LogP contribution in [0.4, 0.5) is 5.69 Å². The summed E-state index contributed by atoms with van der Waals surface area (Å²) < 4.78 is 5.99. The number of likely N-dealkylation sites (tertiary alicyclic amines) is 1. The van der Waals surface area contributed by atoms with E-state index in [-0.39, 0.29) is 5.91 Å². The highest BCUT2D eigenvalue weighted by molar-refractivity contribution is 6.37.